The summed E-state index contributed by atoms with van der Waals surface area (Å²) in [5, 5.41) is 17.8. The molecule has 0 spiro atoms. The minimum absolute atomic E-state index is 0.0221. The molecule has 35 heavy (non-hydrogen) atoms. The Morgan fingerprint density at radius 1 is 1.11 bits per heavy atom. The van der Waals surface area contributed by atoms with Crippen LogP contribution in [0.2, 0.25) is 0 Å². The number of aliphatic hydroxyl groups excluding tert-OH is 1. The first-order valence-electron chi connectivity index (χ1n) is 10.7. The molecular weight excluding hydrogens is 472 g/mol. The van der Waals surface area contributed by atoms with E-state index in [-0.39, 0.29) is 35.6 Å². The number of carbonyl (C=O) groups is 1. The molecule has 0 saturated carbocycles. The smallest absolute Gasteiger partial charge is 0.321 e. The average molecular weight is 497 g/mol. The van der Waals surface area contributed by atoms with Crippen molar-refractivity contribution in [3.63, 3.8) is 0 Å². The van der Waals surface area contributed by atoms with Crippen molar-refractivity contribution in [3.05, 3.63) is 72.6 Å². The third kappa shape index (κ3) is 5.74. The largest absolute Gasteiger partial charge is 0.394 e. The Hall–Kier alpha value is -4.00. The second-order valence-corrected chi connectivity index (χ2v) is 9.22. The number of amides is 2. The molecule has 0 bridgehead atoms. The van der Waals surface area contributed by atoms with Crippen LogP contribution in [-0.4, -0.2) is 51.3 Å². The summed E-state index contributed by atoms with van der Waals surface area (Å²) in [6.45, 7) is 2.02. The van der Waals surface area contributed by atoms with Crippen LogP contribution in [0.4, 0.5) is 16.4 Å². The lowest BCUT2D eigenvalue weighted by Gasteiger charge is -2.14. The van der Waals surface area contributed by atoms with E-state index in [1.807, 2.05) is 25.1 Å². The van der Waals surface area contributed by atoms with Gasteiger partial charge in [0.2, 0.25) is 5.95 Å². The van der Waals surface area contributed by atoms with Gasteiger partial charge < -0.3 is 15.7 Å². The van der Waals surface area contributed by atoms with Gasteiger partial charge in [0, 0.05) is 23.6 Å². The number of fused-ring (bicyclic) bond motifs is 1. The SMILES string of the molecule is CC(CO)Nc1ccc(-n2c(NC(=O)NCc3ccccn3)nc3cc(S(=O)(=O)O)ccc32)cc1. The van der Waals surface area contributed by atoms with Crippen molar-refractivity contribution in [2.75, 3.05) is 17.2 Å². The highest BCUT2D eigenvalue weighted by molar-refractivity contribution is 7.85. The van der Waals surface area contributed by atoms with Crippen molar-refractivity contribution < 1.29 is 22.9 Å². The maximum atomic E-state index is 12.6. The summed E-state index contributed by atoms with van der Waals surface area (Å²) < 4.78 is 34.3. The molecule has 2 amide bonds. The van der Waals surface area contributed by atoms with Crippen LogP contribution >= 0.6 is 0 Å². The zero-order valence-corrected chi connectivity index (χ0v) is 19.5. The van der Waals surface area contributed by atoms with Gasteiger partial charge in [0.25, 0.3) is 10.1 Å². The zero-order valence-electron chi connectivity index (χ0n) is 18.7. The number of hydrogen-bond donors (Lipinski definition) is 5. The van der Waals surface area contributed by atoms with Gasteiger partial charge in [-0.2, -0.15) is 8.42 Å². The van der Waals surface area contributed by atoms with Gasteiger partial charge in [0.15, 0.2) is 0 Å². The molecule has 1 atom stereocenters. The molecule has 12 heteroatoms. The summed E-state index contributed by atoms with van der Waals surface area (Å²) in [6.07, 6.45) is 1.63. The predicted octanol–water partition coefficient (Wildman–Crippen LogP) is 2.78. The molecular formula is C23H24N6O5S. The van der Waals surface area contributed by atoms with Crippen LogP contribution in [0.25, 0.3) is 16.7 Å². The second kappa shape index (κ2) is 10.1. The number of imidazole rings is 1. The molecule has 2 heterocycles. The van der Waals surface area contributed by atoms with Gasteiger partial charge in [-0.15, -0.1) is 0 Å². The number of pyridine rings is 1. The molecule has 0 saturated heterocycles. The highest BCUT2D eigenvalue weighted by Gasteiger charge is 2.18. The number of rotatable bonds is 8. The Labute approximate surface area is 201 Å². The van der Waals surface area contributed by atoms with Crippen LogP contribution < -0.4 is 16.0 Å². The number of nitrogens with one attached hydrogen (secondary N) is 3. The maximum absolute atomic E-state index is 12.6. The van der Waals surface area contributed by atoms with E-state index < -0.39 is 16.1 Å². The number of hydrogen-bond acceptors (Lipinski definition) is 7. The monoisotopic (exact) mass is 496 g/mol. The van der Waals surface area contributed by atoms with Gasteiger partial charge >= 0.3 is 6.03 Å². The van der Waals surface area contributed by atoms with E-state index in [0.717, 1.165) is 5.69 Å². The number of aliphatic hydroxyl groups is 1. The summed E-state index contributed by atoms with van der Waals surface area (Å²) in [5.74, 6) is 0.149. The Bertz CT molecular complexity index is 1440. The van der Waals surface area contributed by atoms with Crippen molar-refractivity contribution in [2.45, 2.75) is 24.4 Å². The molecule has 2 aromatic carbocycles. The topological polar surface area (TPSA) is 158 Å². The van der Waals surface area contributed by atoms with E-state index in [0.29, 0.717) is 16.9 Å². The molecule has 0 aliphatic carbocycles. The highest BCUT2D eigenvalue weighted by Crippen LogP contribution is 2.27. The normalized spacial score (nSPS) is 12.3. The predicted molar refractivity (Wildman–Crippen MR) is 131 cm³/mol. The Kier molecular flexibility index (Phi) is 6.96. The van der Waals surface area contributed by atoms with E-state index in [9.17, 15) is 22.9 Å². The molecule has 0 radical (unpaired) electrons. The summed E-state index contributed by atoms with van der Waals surface area (Å²) in [7, 11) is -4.43. The number of urea groups is 1. The number of aromatic nitrogens is 3. The average Bonchev–Trinajstić information content (AvgIpc) is 3.20. The van der Waals surface area contributed by atoms with Crippen molar-refractivity contribution in [1.29, 1.82) is 0 Å². The molecule has 0 fully saturated rings. The first kappa shape index (κ1) is 24.1. The first-order chi connectivity index (χ1) is 16.7. The number of anilines is 2. The van der Waals surface area contributed by atoms with Crippen molar-refractivity contribution in [1.82, 2.24) is 19.9 Å². The van der Waals surface area contributed by atoms with Crippen LogP contribution in [0.3, 0.4) is 0 Å². The minimum Gasteiger partial charge on any atom is -0.394 e. The van der Waals surface area contributed by atoms with Gasteiger partial charge in [0.05, 0.1) is 34.8 Å². The van der Waals surface area contributed by atoms with Gasteiger partial charge in [-0.1, -0.05) is 6.07 Å². The molecule has 1 unspecified atom stereocenters. The van der Waals surface area contributed by atoms with E-state index in [1.165, 1.54) is 18.2 Å². The van der Waals surface area contributed by atoms with E-state index in [1.54, 1.807) is 35.0 Å². The van der Waals surface area contributed by atoms with E-state index in [2.05, 4.69) is 25.9 Å². The minimum atomic E-state index is -4.43. The quantitative estimate of drug-likeness (QED) is 0.233. The molecule has 0 aliphatic rings. The van der Waals surface area contributed by atoms with Crippen LogP contribution in [0.1, 0.15) is 12.6 Å². The third-order valence-electron chi connectivity index (χ3n) is 5.12. The molecule has 4 rings (SSSR count). The van der Waals surface area contributed by atoms with Gasteiger partial charge in [-0.3, -0.25) is 19.4 Å². The van der Waals surface area contributed by atoms with E-state index >= 15 is 0 Å². The number of nitrogens with zero attached hydrogens (tertiary/aromatic N) is 3. The lowest BCUT2D eigenvalue weighted by molar-refractivity contribution is 0.251. The number of carbonyl (C=O) groups excluding carboxylic acids is 1. The molecule has 182 valence electrons. The molecule has 5 N–H and O–H groups in total. The molecule has 0 aliphatic heterocycles. The van der Waals surface area contributed by atoms with Gasteiger partial charge in [0.1, 0.15) is 0 Å². The maximum Gasteiger partial charge on any atom is 0.321 e. The van der Waals surface area contributed by atoms with Crippen LogP contribution in [-0.2, 0) is 16.7 Å². The van der Waals surface area contributed by atoms with Gasteiger partial charge in [-0.25, -0.2) is 9.78 Å². The fourth-order valence-electron chi connectivity index (χ4n) is 3.42. The summed E-state index contributed by atoms with van der Waals surface area (Å²) in [6, 6.07) is 15.9. The summed E-state index contributed by atoms with van der Waals surface area (Å²) >= 11 is 0. The summed E-state index contributed by atoms with van der Waals surface area (Å²) in [5.41, 5.74) is 2.89. The van der Waals surface area contributed by atoms with Crippen LogP contribution in [0, 0.1) is 0 Å². The second-order valence-electron chi connectivity index (χ2n) is 7.80. The van der Waals surface area contributed by atoms with Gasteiger partial charge in [-0.05, 0) is 61.5 Å². The molecule has 11 nitrogen and oxygen atoms in total. The first-order valence-corrected chi connectivity index (χ1v) is 12.1. The van der Waals surface area contributed by atoms with Crippen molar-refractivity contribution in [2.24, 2.45) is 0 Å². The van der Waals surface area contributed by atoms with Crippen molar-refractivity contribution in [3.8, 4) is 5.69 Å². The Morgan fingerprint density at radius 3 is 2.54 bits per heavy atom. The van der Waals surface area contributed by atoms with E-state index in [4.69, 9.17) is 0 Å². The fourth-order valence-corrected chi connectivity index (χ4v) is 3.92. The van der Waals surface area contributed by atoms with Crippen molar-refractivity contribution >= 4 is 38.8 Å². The lowest BCUT2D eigenvalue weighted by Crippen LogP contribution is -2.29. The Balaban J connectivity index is 1.68. The molecule has 2 aromatic heterocycles. The standard InChI is InChI=1S/C23H24N6O5S/c1-15(14-30)26-16-5-7-18(8-6-16)29-21-10-9-19(35(32,33)34)12-20(21)27-22(29)28-23(31)25-13-17-4-2-3-11-24-17/h2-12,15,26,30H,13-14H2,1H3,(H,32,33,34)(H2,25,27,28,31). The fraction of sp³-hybridized carbons (Fsp3) is 0.174. The lowest BCUT2D eigenvalue weighted by atomic mass is 10.2. The zero-order chi connectivity index (χ0) is 25.0. The Morgan fingerprint density at radius 2 is 1.89 bits per heavy atom. The van der Waals surface area contributed by atoms with Crippen LogP contribution in [0.5, 0.6) is 0 Å². The van der Waals surface area contributed by atoms with Crippen LogP contribution in [0.15, 0.2) is 71.8 Å². The molecule has 4 aromatic rings. The highest BCUT2D eigenvalue weighted by atomic mass is 32.2. The third-order valence-corrected chi connectivity index (χ3v) is 5.97. The number of benzene rings is 2. The summed E-state index contributed by atoms with van der Waals surface area (Å²) in [4.78, 5) is 20.9.